The van der Waals surface area contributed by atoms with Crippen LogP contribution in [-0.2, 0) is 4.74 Å². The van der Waals surface area contributed by atoms with Crippen LogP contribution in [0.1, 0.15) is 36.0 Å². The van der Waals surface area contributed by atoms with E-state index < -0.39 is 0 Å². The third-order valence-corrected chi connectivity index (χ3v) is 7.01. The maximum atomic E-state index is 13.3. The number of amides is 1. The van der Waals surface area contributed by atoms with Crippen molar-refractivity contribution in [2.24, 2.45) is 17.8 Å². The number of carbonyl (C=O) groups is 1. The van der Waals surface area contributed by atoms with Gasteiger partial charge in [-0.1, -0.05) is 6.07 Å². The van der Waals surface area contributed by atoms with E-state index in [-0.39, 0.29) is 12.0 Å². The zero-order valence-electron chi connectivity index (χ0n) is 17.3. The van der Waals surface area contributed by atoms with E-state index in [1.54, 1.807) is 12.4 Å². The highest BCUT2D eigenvalue weighted by Gasteiger charge is 2.45. The van der Waals surface area contributed by atoms with Gasteiger partial charge in [0.05, 0.1) is 17.2 Å². The van der Waals surface area contributed by atoms with E-state index >= 15 is 0 Å². The van der Waals surface area contributed by atoms with Crippen LogP contribution in [0.25, 0.3) is 11.0 Å². The normalized spacial score (nSPS) is 29.4. The van der Waals surface area contributed by atoms with Crippen molar-refractivity contribution < 1.29 is 9.53 Å². The number of aromatic nitrogens is 2. The van der Waals surface area contributed by atoms with Crippen LogP contribution < -0.4 is 0 Å². The summed E-state index contributed by atoms with van der Waals surface area (Å²) in [5.74, 6) is 1.95. The fourth-order valence-electron chi connectivity index (χ4n) is 5.16. The van der Waals surface area contributed by atoms with E-state index in [9.17, 15) is 4.79 Å². The van der Waals surface area contributed by atoms with Gasteiger partial charge in [0, 0.05) is 38.1 Å². The van der Waals surface area contributed by atoms with E-state index in [0.717, 1.165) is 44.0 Å². The van der Waals surface area contributed by atoms with Gasteiger partial charge in [0.15, 0.2) is 0 Å². The van der Waals surface area contributed by atoms with Gasteiger partial charge in [-0.15, -0.1) is 0 Å². The predicted molar refractivity (Wildman–Crippen MR) is 112 cm³/mol. The van der Waals surface area contributed by atoms with Crippen LogP contribution in [0.15, 0.2) is 30.6 Å². The molecule has 0 unspecified atom stereocenters. The number of rotatable bonds is 5. The average molecular weight is 395 g/mol. The summed E-state index contributed by atoms with van der Waals surface area (Å²) in [6, 6.07) is 6.13. The third-order valence-electron chi connectivity index (χ3n) is 7.01. The molecule has 4 atom stereocenters. The predicted octanol–water partition coefficient (Wildman–Crippen LogP) is 2.84. The Balaban J connectivity index is 1.32. The molecule has 154 valence electrons. The van der Waals surface area contributed by atoms with Crippen LogP contribution in [0.2, 0.25) is 0 Å². The lowest BCUT2D eigenvalue weighted by Crippen LogP contribution is -2.48. The Bertz CT molecular complexity index is 892. The minimum absolute atomic E-state index is 0.0855. The minimum atomic E-state index is 0.0855. The number of benzene rings is 1. The van der Waals surface area contributed by atoms with Crippen molar-refractivity contribution in [3.8, 4) is 0 Å². The highest BCUT2D eigenvalue weighted by atomic mass is 16.5. The van der Waals surface area contributed by atoms with Gasteiger partial charge in [-0.25, -0.2) is 0 Å². The molecule has 2 heterocycles. The monoisotopic (exact) mass is 394 g/mol. The summed E-state index contributed by atoms with van der Waals surface area (Å²) in [7, 11) is 4.32. The number of nitrogens with zero attached hydrogens (tertiary/aromatic N) is 4. The minimum Gasteiger partial charge on any atom is -0.376 e. The van der Waals surface area contributed by atoms with Crippen LogP contribution in [-0.4, -0.2) is 71.6 Å². The summed E-state index contributed by atoms with van der Waals surface area (Å²) in [6.45, 7) is 2.56. The fraction of sp³-hybridized carbons (Fsp3) is 0.609. The topological polar surface area (TPSA) is 58.6 Å². The number of fused-ring (bicyclic) bond motifs is 2. The first-order valence-electron chi connectivity index (χ1n) is 10.9. The maximum absolute atomic E-state index is 13.3. The summed E-state index contributed by atoms with van der Waals surface area (Å²) in [5.41, 5.74) is 2.14. The molecule has 0 bridgehead atoms. The fourth-order valence-corrected chi connectivity index (χ4v) is 5.16. The number of likely N-dealkylation sites (N-methyl/N-ethyl adjacent to an activating group) is 1. The lowest BCUT2D eigenvalue weighted by Gasteiger charge is -2.41. The molecular formula is C23H30N4O2. The summed E-state index contributed by atoms with van der Waals surface area (Å²) < 4.78 is 6.36. The summed E-state index contributed by atoms with van der Waals surface area (Å²) in [4.78, 5) is 26.5. The van der Waals surface area contributed by atoms with E-state index in [2.05, 4.69) is 29.0 Å². The van der Waals surface area contributed by atoms with Crippen molar-refractivity contribution in [1.29, 1.82) is 0 Å². The average Bonchev–Trinajstić information content (AvgIpc) is 3.47. The number of hydrogen-bond acceptors (Lipinski definition) is 5. The molecule has 1 aromatic heterocycles. The molecule has 5 rings (SSSR count). The lowest BCUT2D eigenvalue weighted by atomic mass is 9.77. The molecule has 0 radical (unpaired) electrons. The number of ether oxygens (including phenoxy) is 1. The second kappa shape index (κ2) is 7.65. The molecule has 1 aliphatic heterocycles. The van der Waals surface area contributed by atoms with Gasteiger partial charge in [-0.2, -0.15) is 0 Å². The van der Waals surface area contributed by atoms with Crippen molar-refractivity contribution in [3.63, 3.8) is 0 Å². The molecular weight excluding hydrogens is 364 g/mol. The molecule has 1 amide bonds. The van der Waals surface area contributed by atoms with Gasteiger partial charge in [0.1, 0.15) is 5.52 Å². The zero-order valence-corrected chi connectivity index (χ0v) is 17.3. The van der Waals surface area contributed by atoms with Crippen molar-refractivity contribution in [1.82, 2.24) is 19.8 Å². The first-order chi connectivity index (χ1) is 14.1. The van der Waals surface area contributed by atoms with E-state index in [0.29, 0.717) is 29.0 Å². The van der Waals surface area contributed by atoms with Crippen molar-refractivity contribution >= 4 is 16.9 Å². The molecule has 0 N–H and O–H groups in total. The second-order valence-electron chi connectivity index (χ2n) is 9.28. The van der Waals surface area contributed by atoms with E-state index in [1.165, 1.54) is 12.8 Å². The Morgan fingerprint density at radius 2 is 1.90 bits per heavy atom. The SMILES string of the molecule is CN(C)[C@@H]1C[C@@H]2CN(C(=O)c3cccc4nccnc34)C[C@@H]2C[C@H]1OCC1CC1. The molecule has 2 aromatic rings. The van der Waals surface area contributed by atoms with Gasteiger partial charge < -0.3 is 14.5 Å². The molecule has 29 heavy (non-hydrogen) atoms. The molecule has 3 fully saturated rings. The second-order valence-corrected chi connectivity index (χ2v) is 9.28. The summed E-state index contributed by atoms with van der Waals surface area (Å²) in [6.07, 6.45) is 8.41. The van der Waals surface area contributed by atoms with E-state index in [4.69, 9.17) is 4.74 Å². The largest absolute Gasteiger partial charge is 0.376 e. The molecule has 2 saturated carbocycles. The molecule has 1 saturated heterocycles. The van der Waals surface area contributed by atoms with Gasteiger partial charge in [0.25, 0.3) is 5.91 Å². The van der Waals surface area contributed by atoms with Gasteiger partial charge in [0.2, 0.25) is 0 Å². The van der Waals surface area contributed by atoms with Crippen LogP contribution >= 0.6 is 0 Å². The van der Waals surface area contributed by atoms with Crippen molar-refractivity contribution in [2.75, 3.05) is 33.8 Å². The molecule has 3 aliphatic rings. The van der Waals surface area contributed by atoms with Crippen LogP contribution in [0.4, 0.5) is 0 Å². The van der Waals surface area contributed by atoms with Crippen molar-refractivity contribution in [2.45, 2.75) is 37.8 Å². The Morgan fingerprint density at radius 1 is 1.14 bits per heavy atom. The lowest BCUT2D eigenvalue weighted by molar-refractivity contribution is -0.0493. The molecule has 6 heteroatoms. The Hall–Kier alpha value is -2.05. The first-order valence-corrected chi connectivity index (χ1v) is 10.9. The Labute approximate surface area is 172 Å². The maximum Gasteiger partial charge on any atom is 0.256 e. The van der Waals surface area contributed by atoms with Crippen LogP contribution in [0.5, 0.6) is 0 Å². The zero-order chi connectivity index (χ0) is 20.0. The molecule has 2 aliphatic carbocycles. The standard InChI is InChI=1S/C23H30N4O2/c1-26(2)20-10-16-12-27(13-17(16)11-21(20)29-14-15-6-7-15)23(28)18-4-3-5-19-22(18)25-9-8-24-19/h3-5,8-9,15-17,20-21H,6-7,10-14H2,1-2H3/t16-,17+,20-,21-/m1/s1. The number of para-hydroxylation sites is 1. The smallest absolute Gasteiger partial charge is 0.256 e. The van der Waals surface area contributed by atoms with Crippen LogP contribution in [0, 0.1) is 17.8 Å². The number of hydrogen-bond donors (Lipinski definition) is 0. The summed E-state index contributed by atoms with van der Waals surface area (Å²) in [5, 5.41) is 0. The third kappa shape index (κ3) is 3.76. The van der Waals surface area contributed by atoms with Gasteiger partial charge in [-0.05, 0) is 69.7 Å². The molecule has 0 spiro atoms. The van der Waals surface area contributed by atoms with Crippen LogP contribution in [0.3, 0.4) is 0 Å². The number of carbonyl (C=O) groups excluding carboxylic acids is 1. The molecule has 6 nitrogen and oxygen atoms in total. The Kier molecular flexibility index (Phi) is 5.00. The Morgan fingerprint density at radius 3 is 2.66 bits per heavy atom. The number of likely N-dealkylation sites (tertiary alicyclic amines) is 1. The highest BCUT2D eigenvalue weighted by Crippen LogP contribution is 2.40. The summed E-state index contributed by atoms with van der Waals surface area (Å²) >= 11 is 0. The van der Waals surface area contributed by atoms with Gasteiger partial charge >= 0.3 is 0 Å². The first kappa shape index (κ1) is 18.9. The van der Waals surface area contributed by atoms with Crippen molar-refractivity contribution in [3.05, 3.63) is 36.2 Å². The highest BCUT2D eigenvalue weighted by molar-refractivity contribution is 6.04. The van der Waals surface area contributed by atoms with E-state index in [1.807, 2.05) is 23.1 Å². The van der Waals surface area contributed by atoms with Gasteiger partial charge in [-0.3, -0.25) is 14.8 Å². The quantitative estimate of drug-likeness (QED) is 0.781. The molecule has 1 aromatic carbocycles.